The smallest absolute Gasteiger partial charge is 0.113 e. The van der Waals surface area contributed by atoms with Crippen LogP contribution >= 0.6 is 0 Å². The maximum Gasteiger partial charge on any atom is 0.113 e. The minimum atomic E-state index is -0.602. The monoisotopic (exact) mass is 158 g/mol. The molecular formula is C8H15FN2. The van der Waals surface area contributed by atoms with Crippen molar-refractivity contribution < 1.29 is 4.39 Å². The zero-order valence-corrected chi connectivity index (χ0v) is 6.65. The van der Waals surface area contributed by atoms with Gasteiger partial charge in [0.15, 0.2) is 0 Å². The number of hydrogen-bond donors (Lipinski definition) is 2. The predicted molar refractivity (Wildman–Crippen MR) is 42.2 cm³/mol. The molecule has 0 aromatic heterocycles. The molecule has 2 nitrogen and oxygen atoms in total. The van der Waals surface area contributed by atoms with E-state index in [-0.39, 0.29) is 0 Å². The Morgan fingerprint density at radius 3 is 2.09 bits per heavy atom. The Kier molecular flexibility index (Phi) is 2.09. The molecule has 2 heterocycles. The van der Waals surface area contributed by atoms with Gasteiger partial charge in [-0.3, -0.25) is 0 Å². The Labute approximate surface area is 66.5 Å². The standard InChI is InChI=1S/C8H15FN2/c9-8-1-6(2-11-5-8)7-3-10-4-7/h6-8,10-11H,1-5H2. The van der Waals surface area contributed by atoms with Gasteiger partial charge in [0.25, 0.3) is 0 Å². The molecule has 2 saturated heterocycles. The van der Waals surface area contributed by atoms with Gasteiger partial charge in [0.05, 0.1) is 0 Å². The number of piperidine rings is 1. The molecule has 0 spiro atoms. The van der Waals surface area contributed by atoms with E-state index in [2.05, 4.69) is 10.6 Å². The molecule has 3 heteroatoms. The van der Waals surface area contributed by atoms with Gasteiger partial charge in [-0.2, -0.15) is 0 Å². The molecule has 2 aliphatic rings. The molecule has 2 atom stereocenters. The molecule has 2 unspecified atom stereocenters. The summed E-state index contributed by atoms with van der Waals surface area (Å²) in [5, 5.41) is 6.35. The number of hydrogen-bond acceptors (Lipinski definition) is 2. The van der Waals surface area contributed by atoms with E-state index in [0.717, 1.165) is 32.0 Å². The summed E-state index contributed by atoms with van der Waals surface area (Å²) in [5.74, 6) is 1.32. The molecule has 0 saturated carbocycles. The highest BCUT2D eigenvalue weighted by atomic mass is 19.1. The molecule has 0 aliphatic carbocycles. The van der Waals surface area contributed by atoms with Gasteiger partial charge in [0.2, 0.25) is 0 Å². The molecular weight excluding hydrogens is 143 g/mol. The normalized spacial score (nSPS) is 40.1. The van der Waals surface area contributed by atoms with Gasteiger partial charge >= 0.3 is 0 Å². The molecule has 2 fully saturated rings. The van der Waals surface area contributed by atoms with Crippen LogP contribution in [0.25, 0.3) is 0 Å². The highest BCUT2D eigenvalue weighted by molar-refractivity contribution is 4.87. The average molecular weight is 158 g/mol. The maximum atomic E-state index is 12.9. The van der Waals surface area contributed by atoms with E-state index in [1.54, 1.807) is 0 Å². The third-order valence-corrected chi connectivity index (χ3v) is 2.81. The number of nitrogens with one attached hydrogen (secondary N) is 2. The van der Waals surface area contributed by atoms with E-state index in [9.17, 15) is 4.39 Å². The lowest BCUT2D eigenvalue weighted by Crippen LogP contribution is -2.51. The Morgan fingerprint density at radius 2 is 1.55 bits per heavy atom. The summed E-state index contributed by atoms with van der Waals surface area (Å²) in [6, 6.07) is 0. The van der Waals surface area contributed by atoms with Crippen LogP contribution in [0.2, 0.25) is 0 Å². The van der Waals surface area contributed by atoms with E-state index in [1.807, 2.05) is 0 Å². The van der Waals surface area contributed by atoms with Gasteiger partial charge in [0, 0.05) is 6.54 Å². The first-order valence-electron chi connectivity index (χ1n) is 4.42. The summed E-state index contributed by atoms with van der Waals surface area (Å²) in [4.78, 5) is 0. The molecule has 2 aliphatic heterocycles. The molecule has 0 bridgehead atoms. The first-order valence-corrected chi connectivity index (χ1v) is 4.42. The van der Waals surface area contributed by atoms with Gasteiger partial charge in [-0.05, 0) is 37.9 Å². The summed E-state index contributed by atoms with van der Waals surface area (Å²) in [5.41, 5.74) is 0. The van der Waals surface area contributed by atoms with E-state index < -0.39 is 6.17 Å². The average Bonchev–Trinajstić information content (AvgIpc) is 1.83. The largest absolute Gasteiger partial charge is 0.316 e. The van der Waals surface area contributed by atoms with Crippen LogP contribution in [0.5, 0.6) is 0 Å². The van der Waals surface area contributed by atoms with Gasteiger partial charge in [-0.1, -0.05) is 0 Å². The van der Waals surface area contributed by atoms with Crippen molar-refractivity contribution in [3.63, 3.8) is 0 Å². The van der Waals surface area contributed by atoms with Gasteiger partial charge in [-0.15, -0.1) is 0 Å². The lowest BCUT2D eigenvalue weighted by Gasteiger charge is -2.38. The van der Waals surface area contributed by atoms with Crippen molar-refractivity contribution in [3.8, 4) is 0 Å². The molecule has 0 amide bonds. The summed E-state index contributed by atoms with van der Waals surface area (Å²) in [6.45, 7) is 3.78. The SMILES string of the molecule is FC1CNCC(C2CNC2)C1. The van der Waals surface area contributed by atoms with Crippen LogP contribution in [-0.4, -0.2) is 32.4 Å². The number of rotatable bonds is 1. The number of alkyl halides is 1. The van der Waals surface area contributed by atoms with Crippen molar-refractivity contribution >= 4 is 0 Å². The van der Waals surface area contributed by atoms with Crippen LogP contribution in [0, 0.1) is 11.8 Å². The molecule has 64 valence electrons. The van der Waals surface area contributed by atoms with E-state index in [4.69, 9.17) is 0 Å². The zero-order valence-electron chi connectivity index (χ0n) is 6.65. The van der Waals surface area contributed by atoms with Crippen molar-refractivity contribution in [1.29, 1.82) is 0 Å². The lowest BCUT2D eigenvalue weighted by molar-refractivity contribution is 0.137. The third-order valence-electron chi connectivity index (χ3n) is 2.81. The van der Waals surface area contributed by atoms with Gasteiger partial charge in [-0.25, -0.2) is 4.39 Å². The van der Waals surface area contributed by atoms with Crippen LogP contribution in [0.3, 0.4) is 0 Å². The van der Waals surface area contributed by atoms with Crippen molar-refractivity contribution in [2.24, 2.45) is 11.8 Å². The second kappa shape index (κ2) is 3.07. The lowest BCUT2D eigenvalue weighted by atomic mass is 9.82. The van der Waals surface area contributed by atoms with E-state index >= 15 is 0 Å². The Hall–Kier alpha value is -0.150. The predicted octanol–water partition coefficient (Wildman–Crippen LogP) is 0.153. The van der Waals surface area contributed by atoms with Crippen LogP contribution < -0.4 is 10.6 Å². The van der Waals surface area contributed by atoms with Crippen LogP contribution in [0.1, 0.15) is 6.42 Å². The van der Waals surface area contributed by atoms with Crippen LogP contribution in [-0.2, 0) is 0 Å². The second-order valence-corrected chi connectivity index (χ2v) is 3.67. The summed E-state index contributed by atoms with van der Waals surface area (Å²) >= 11 is 0. The zero-order chi connectivity index (χ0) is 7.68. The van der Waals surface area contributed by atoms with Crippen LogP contribution in [0.15, 0.2) is 0 Å². The molecule has 0 aromatic carbocycles. The molecule has 2 N–H and O–H groups in total. The van der Waals surface area contributed by atoms with Crippen molar-refractivity contribution in [2.75, 3.05) is 26.2 Å². The molecule has 2 rings (SSSR count). The van der Waals surface area contributed by atoms with Gasteiger partial charge in [0.1, 0.15) is 6.17 Å². The van der Waals surface area contributed by atoms with Crippen LogP contribution in [0.4, 0.5) is 4.39 Å². The molecule has 0 aromatic rings. The van der Waals surface area contributed by atoms with Gasteiger partial charge < -0.3 is 10.6 Å². The van der Waals surface area contributed by atoms with Crippen molar-refractivity contribution in [1.82, 2.24) is 10.6 Å². The minimum Gasteiger partial charge on any atom is -0.316 e. The summed E-state index contributed by atoms with van der Waals surface area (Å²) in [6.07, 6.45) is 0.175. The highest BCUT2D eigenvalue weighted by Crippen LogP contribution is 2.24. The highest BCUT2D eigenvalue weighted by Gasteiger charge is 2.31. The minimum absolute atomic E-state index is 0.566. The fraction of sp³-hybridized carbons (Fsp3) is 1.00. The topological polar surface area (TPSA) is 24.1 Å². The Bertz CT molecular complexity index is 136. The molecule has 0 radical (unpaired) electrons. The fourth-order valence-corrected chi connectivity index (χ4v) is 1.92. The quantitative estimate of drug-likeness (QED) is 0.568. The third kappa shape index (κ3) is 1.54. The maximum absolute atomic E-state index is 12.9. The summed E-state index contributed by atoms with van der Waals surface area (Å²) in [7, 11) is 0. The Balaban J connectivity index is 1.82. The molecule has 11 heavy (non-hydrogen) atoms. The van der Waals surface area contributed by atoms with E-state index in [0.29, 0.717) is 12.5 Å². The first-order chi connectivity index (χ1) is 5.36. The Morgan fingerprint density at radius 1 is 0.909 bits per heavy atom. The van der Waals surface area contributed by atoms with E-state index in [1.165, 1.54) is 0 Å². The first kappa shape index (κ1) is 7.50. The second-order valence-electron chi connectivity index (χ2n) is 3.67. The van der Waals surface area contributed by atoms with Crippen molar-refractivity contribution in [3.05, 3.63) is 0 Å². The van der Waals surface area contributed by atoms with Crippen molar-refractivity contribution in [2.45, 2.75) is 12.6 Å². The summed E-state index contributed by atoms with van der Waals surface area (Å²) < 4.78 is 12.9. The number of halogens is 1. The fourth-order valence-electron chi connectivity index (χ4n) is 1.92.